The van der Waals surface area contributed by atoms with Crippen molar-refractivity contribution in [1.82, 2.24) is 9.97 Å². The summed E-state index contributed by atoms with van der Waals surface area (Å²) in [7, 11) is 0. The van der Waals surface area contributed by atoms with Crippen molar-refractivity contribution in [3.8, 4) is 33.6 Å². The third-order valence-corrected chi connectivity index (χ3v) is 16.3. The first-order chi connectivity index (χ1) is 38.2. The normalized spacial score (nSPS) is 11.9. The second-order valence-corrected chi connectivity index (χ2v) is 20.4. The van der Waals surface area contributed by atoms with E-state index in [1.165, 1.54) is 119 Å². The van der Waals surface area contributed by atoms with Gasteiger partial charge < -0.3 is 4.90 Å². The molecule has 0 aliphatic carbocycles. The van der Waals surface area contributed by atoms with Crippen LogP contribution in [0.5, 0.6) is 0 Å². The number of pyridine rings is 2. The molecule has 0 saturated carbocycles. The van der Waals surface area contributed by atoms with E-state index in [-0.39, 0.29) is 0 Å². The van der Waals surface area contributed by atoms with Gasteiger partial charge in [0.2, 0.25) is 0 Å². The van der Waals surface area contributed by atoms with E-state index in [1.54, 1.807) is 0 Å². The smallest absolute Gasteiger partial charge is 0.0702 e. The van der Waals surface area contributed by atoms with E-state index in [0.29, 0.717) is 0 Å². The molecule has 0 radical (unpaired) electrons. The molecular formula is C74H45N3. The van der Waals surface area contributed by atoms with Gasteiger partial charge in [0.25, 0.3) is 0 Å². The van der Waals surface area contributed by atoms with Crippen LogP contribution in [0.1, 0.15) is 0 Å². The Morgan fingerprint density at radius 2 is 0.519 bits per heavy atom. The molecule has 356 valence electrons. The quantitative estimate of drug-likeness (QED) is 0.156. The van der Waals surface area contributed by atoms with E-state index in [9.17, 15) is 0 Å². The standard InChI is InChI=1S/C74H45N3/c1-2-18-55-53(16-1)54-17-3-4-19-56(54)67-41-46(27-32-61(55)67)51-37-38-74(66-24-10-9-15-52(51)66)77(49-30-35-64-62-33-28-47(72-25-11-13-39-75-72)42-68(62)57-20-5-7-22-59(57)70(64)44-49)50-31-36-65-63-34-29-48(73-26-12-14-40-76-73)43-69(63)58-21-6-8-23-60(58)71(65)45-50/h1-45H. The number of anilines is 3. The summed E-state index contributed by atoms with van der Waals surface area (Å²) >= 11 is 0. The molecule has 3 heteroatoms. The lowest BCUT2D eigenvalue weighted by Gasteiger charge is -2.29. The van der Waals surface area contributed by atoms with Crippen LogP contribution in [0.3, 0.4) is 0 Å². The average Bonchev–Trinajstić information content (AvgIpc) is 3.65. The average molecular weight is 976 g/mol. The first-order valence-electron chi connectivity index (χ1n) is 26.4. The molecule has 0 spiro atoms. The Balaban J connectivity index is 0.939. The molecule has 77 heavy (non-hydrogen) atoms. The van der Waals surface area contributed by atoms with E-state index < -0.39 is 0 Å². The molecule has 3 nitrogen and oxygen atoms in total. The lowest BCUT2D eigenvalue weighted by atomic mass is 9.90. The lowest BCUT2D eigenvalue weighted by molar-refractivity contribution is 1.31. The first-order valence-corrected chi connectivity index (χ1v) is 26.4. The fourth-order valence-electron chi connectivity index (χ4n) is 12.8. The number of rotatable bonds is 6. The van der Waals surface area contributed by atoms with Crippen molar-refractivity contribution in [3.05, 3.63) is 273 Å². The van der Waals surface area contributed by atoms with Gasteiger partial charge in [-0.25, -0.2) is 0 Å². The van der Waals surface area contributed by atoms with Crippen LogP contribution in [0.4, 0.5) is 17.1 Å². The van der Waals surface area contributed by atoms with Gasteiger partial charge in [0.15, 0.2) is 0 Å². The molecule has 16 aromatic rings. The third-order valence-electron chi connectivity index (χ3n) is 16.3. The van der Waals surface area contributed by atoms with Crippen molar-refractivity contribution in [3.63, 3.8) is 0 Å². The number of benzene rings is 14. The Hall–Kier alpha value is -10.2. The van der Waals surface area contributed by atoms with Gasteiger partial charge in [-0.15, -0.1) is 0 Å². The number of fused-ring (bicyclic) bond motifs is 19. The summed E-state index contributed by atoms with van der Waals surface area (Å²) in [6.07, 6.45) is 3.74. The molecule has 0 atom stereocenters. The van der Waals surface area contributed by atoms with Gasteiger partial charge in [-0.05, 0) is 186 Å². The second kappa shape index (κ2) is 17.2. The van der Waals surface area contributed by atoms with E-state index in [1.807, 2.05) is 24.5 Å². The van der Waals surface area contributed by atoms with Crippen LogP contribution in [-0.2, 0) is 0 Å². The highest BCUT2D eigenvalue weighted by molar-refractivity contribution is 6.29. The fraction of sp³-hybridized carbons (Fsp3) is 0. The predicted molar refractivity (Wildman–Crippen MR) is 328 cm³/mol. The monoisotopic (exact) mass is 975 g/mol. The number of hydrogen-bond acceptors (Lipinski definition) is 3. The summed E-state index contributed by atoms with van der Waals surface area (Å²) in [5.74, 6) is 0. The summed E-state index contributed by atoms with van der Waals surface area (Å²) < 4.78 is 0. The van der Waals surface area contributed by atoms with Gasteiger partial charge in [0, 0.05) is 40.3 Å². The van der Waals surface area contributed by atoms with Crippen molar-refractivity contribution in [1.29, 1.82) is 0 Å². The molecule has 14 aromatic carbocycles. The zero-order valence-corrected chi connectivity index (χ0v) is 41.8. The highest BCUT2D eigenvalue weighted by atomic mass is 15.1. The second-order valence-electron chi connectivity index (χ2n) is 20.4. The summed E-state index contributed by atoms with van der Waals surface area (Å²) in [6.45, 7) is 0. The Labute approximate surface area is 444 Å². The van der Waals surface area contributed by atoms with E-state index >= 15 is 0 Å². The first kappa shape index (κ1) is 43.2. The molecule has 0 amide bonds. The maximum atomic E-state index is 4.72. The Morgan fingerprint density at radius 1 is 0.208 bits per heavy atom. The van der Waals surface area contributed by atoms with E-state index in [2.05, 4.69) is 254 Å². The van der Waals surface area contributed by atoms with Crippen LogP contribution in [0.2, 0.25) is 0 Å². The largest absolute Gasteiger partial charge is 0.310 e. The van der Waals surface area contributed by atoms with Crippen LogP contribution in [0.25, 0.3) is 141 Å². The maximum absolute atomic E-state index is 4.72. The van der Waals surface area contributed by atoms with E-state index in [4.69, 9.17) is 9.97 Å². The van der Waals surface area contributed by atoms with Gasteiger partial charge in [-0.3, -0.25) is 9.97 Å². The van der Waals surface area contributed by atoms with Crippen molar-refractivity contribution in [2.75, 3.05) is 4.90 Å². The van der Waals surface area contributed by atoms with Gasteiger partial charge in [-0.2, -0.15) is 0 Å². The molecule has 0 aliphatic heterocycles. The molecule has 16 rings (SSSR count). The number of hydrogen-bond donors (Lipinski definition) is 0. The number of aromatic nitrogens is 2. The molecule has 0 N–H and O–H groups in total. The minimum atomic E-state index is 0.968. The van der Waals surface area contributed by atoms with Gasteiger partial charge >= 0.3 is 0 Å². The number of nitrogens with zero attached hydrogens (tertiary/aromatic N) is 3. The molecule has 2 heterocycles. The molecule has 0 saturated heterocycles. The van der Waals surface area contributed by atoms with Crippen molar-refractivity contribution >= 4 is 125 Å². The Morgan fingerprint density at radius 3 is 0.922 bits per heavy atom. The minimum absolute atomic E-state index is 0.968. The fourth-order valence-corrected chi connectivity index (χ4v) is 12.8. The molecule has 2 aromatic heterocycles. The Kier molecular flexibility index (Phi) is 9.64. The third kappa shape index (κ3) is 6.77. The van der Waals surface area contributed by atoms with Crippen LogP contribution < -0.4 is 4.90 Å². The topological polar surface area (TPSA) is 29.0 Å². The maximum Gasteiger partial charge on any atom is 0.0702 e. The molecular weight excluding hydrogens is 931 g/mol. The predicted octanol–water partition coefficient (Wildman–Crippen LogP) is 20.5. The van der Waals surface area contributed by atoms with Crippen molar-refractivity contribution in [2.45, 2.75) is 0 Å². The zero-order valence-electron chi connectivity index (χ0n) is 41.8. The van der Waals surface area contributed by atoms with Crippen LogP contribution in [0.15, 0.2) is 273 Å². The lowest BCUT2D eigenvalue weighted by Crippen LogP contribution is -2.11. The molecule has 0 bridgehead atoms. The summed E-state index contributed by atoms with van der Waals surface area (Å²) in [6, 6.07) is 96.2. The van der Waals surface area contributed by atoms with Gasteiger partial charge in [0.05, 0.1) is 17.1 Å². The molecule has 0 aliphatic rings. The van der Waals surface area contributed by atoms with Crippen LogP contribution >= 0.6 is 0 Å². The minimum Gasteiger partial charge on any atom is -0.310 e. The van der Waals surface area contributed by atoms with Crippen molar-refractivity contribution in [2.24, 2.45) is 0 Å². The van der Waals surface area contributed by atoms with Crippen LogP contribution in [-0.4, -0.2) is 9.97 Å². The summed E-state index contributed by atoms with van der Waals surface area (Å²) in [4.78, 5) is 11.9. The van der Waals surface area contributed by atoms with Gasteiger partial charge in [-0.1, -0.05) is 188 Å². The summed E-state index contributed by atoms with van der Waals surface area (Å²) in [5, 5.41) is 24.6. The summed E-state index contributed by atoms with van der Waals surface area (Å²) in [5.41, 5.74) is 9.82. The molecule has 0 fully saturated rings. The highest BCUT2D eigenvalue weighted by Gasteiger charge is 2.22. The van der Waals surface area contributed by atoms with Gasteiger partial charge in [0.1, 0.15) is 0 Å². The molecule has 0 unspecified atom stereocenters. The van der Waals surface area contributed by atoms with Crippen molar-refractivity contribution < 1.29 is 0 Å². The highest BCUT2D eigenvalue weighted by Crippen LogP contribution is 2.48. The van der Waals surface area contributed by atoms with E-state index in [0.717, 1.165) is 39.6 Å². The Bertz CT molecular complexity index is 4830. The van der Waals surface area contributed by atoms with Crippen LogP contribution in [0, 0.1) is 0 Å². The SMILES string of the molecule is c1ccc(-c2ccc3c4ccc(N(c5ccc6c7ccc(-c8ccccn8)cc7c7ccccc7c6c5)c5ccc(-c6ccc7c8ccccc8c8ccccc8c7c6)c6ccccc56)cc4c4ccccc4c3c2)nc1. The zero-order chi connectivity index (χ0) is 50.6.